The van der Waals surface area contributed by atoms with Crippen LogP contribution in [0.15, 0.2) is 85.8 Å². The predicted molar refractivity (Wildman–Crippen MR) is 578 cm³/mol. The molecule has 0 spiro atoms. The smallest absolute Gasteiger partial charge is 0.331 e. The molecule has 14 N–H and O–H groups in total. The molecule has 0 saturated carbocycles. The quantitative estimate of drug-likeness (QED) is 0.0315. The molecule has 10 atom stereocenters. The number of rotatable bonds is 20. The summed E-state index contributed by atoms with van der Waals surface area (Å²) < 4.78 is 132. The van der Waals surface area contributed by atoms with E-state index in [4.69, 9.17) is 33.2 Å². The van der Waals surface area contributed by atoms with Gasteiger partial charge in [-0.05, 0) is 355 Å². The van der Waals surface area contributed by atoms with Crippen LogP contribution in [-0.2, 0) is 210 Å². The molecule has 0 saturated heterocycles. The molecule has 5 unspecified atom stereocenters. The number of aromatic nitrogens is 10. The minimum atomic E-state index is -3.62. The van der Waals surface area contributed by atoms with Gasteiger partial charge in [0.05, 0.1) is 125 Å². The van der Waals surface area contributed by atoms with Crippen LogP contribution >= 0.6 is 0 Å². The highest BCUT2D eigenvalue weighted by Gasteiger charge is 2.40. The number of aryl methyl sites for hydroxylation is 10. The third kappa shape index (κ3) is 20.9. The van der Waals surface area contributed by atoms with Gasteiger partial charge in [0, 0.05) is 46.2 Å². The van der Waals surface area contributed by atoms with Gasteiger partial charge in [-0.25, -0.2) is 87.4 Å². The lowest BCUT2D eigenvalue weighted by Gasteiger charge is -2.24. The Morgan fingerprint density at radius 3 is 0.687 bits per heavy atom. The van der Waals surface area contributed by atoms with Crippen molar-refractivity contribution < 1.29 is 68.7 Å². The molecule has 44 heteroatoms. The van der Waals surface area contributed by atoms with Crippen molar-refractivity contribution in [1.29, 1.82) is 9.56 Å². The number of benzene rings is 5. The summed E-state index contributed by atoms with van der Waals surface area (Å²) in [5.74, 6) is 14.5. The fourth-order valence-corrected chi connectivity index (χ4v) is 29.6. The number of nitrogens with zero attached hydrogens (tertiary/aromatic N) is 10. The van der Waals surface area contributed by atoms with E-state index in [-0.39, 0.29) is 33.6 Å². The highest BCUT2D eigenvalue weighted by Crippen LogP contribution is 2.47. The molecule has 15 aliphatic rings. The van der Waals surface area contributed by atoms with Crippen LogP contribution in [0.25, 0.3) is 0 Å². The normalized spacial score (nSPS) is 21.2. The fraction of sp³-hybridized carbons (Fsp3) is 0.500. The van der Waals surface area contributed by atoms with Gasteiger partial charge in [-0.15, -0.1) is 0 Å². The van der Waals surface area contributed by atoms with Crippen LogP contribution in [0.3, 0.4) is 0 Å². The van der Waals surface area contributed by atoms with Crippen LogP contribution in [0.5, 0.6) is 29.4 Å². The van der Waals surface area contributed by atoms with E-state index in [1.54, 1.807) is 23.4 Å². The number of nitrogens with one attached hydrogen (secondary N) is 14. The minimum Gasteiger partial charge on any atom is -0.477 e. The molecule has 800 valence electrons. The molecular weight excluding hydrogens is 2010 g/mol. The van der Waals surface area contributed by atoms with E-state index in [0.717, 1.165) is 260 Å². The molecule has 0 radical (unpaired) electrons. The SMILES string of the molecule is C=S(=O)(NC(=O)Nc1c2c(cc3c1CCC3)CCC2)c1cnn2c1OC[C@@H](CC)C2.C=S(=O)(NC(=O)Nc1c2c(cc3c1CCC3)CCC2)c1cnn2c1OC[C@@H](CC)C2.C=S(=O)(NC(=O)Nc1c2c(cc3c1CCC3)CCC2)c1cnn2c1OC[C@@H](CC)C2.CN[C@@H]1COc2c(S(=N)(=O)NC(=O)Nc3c4c(cc5c3CCC5)CCC4)cnn2C1.CN[C@@H]1COc2c(S(=N)(=O)NC(=O)Nc3c4c(cc5c3CCC5)CCC4)cnn2C1. The number of fused-ring (bicyclic) bond motifs is 15. The van der Waals surface area contributed by atoms with E-state index in [2.05, 4.69) is 155 Å². The fourth-order valence-electron chi connectivity index (χ4n) is 24.2. The molecule has 150 heavy (non-hydrogen) atoms. The maximum atomic E-state index is 13.3. The molecule has 10 heterocycles. The Kier molecular flexibility index (Phi) is 29.3. The van der Waals surface area contributed by atoms with E-state index in [1.165, 1.54) is 142 Å². The average Bonchev–Trinajstić information content (AvgIpc) is 1.62. The zero-order valence-corrected chi connectivity index (χ0v) is 89.9. The summed E-state index contributed by atoms with van der Waals surface area (Å²) >= 11 is 0. The van der Waals surface area contributed by atoms with Crippen molar-refractivity contribution in [3.05, 3.63) is 173 Å². The third-order valence-electron chi connectivity index (χ3n) is 32.1. The highest BCUT2D eigenvalue weighted by atomic mass is 32.2. The molecule has 5 aliphatic heterocycles. The standard InChI is InChI=1S/3C22H28N4O3S.2C20H26N6O3S/c3*1-3-14-12-26-21(29-13-14)19(11-23-26)30(2,28)25-22(27)24-20-17-8-4-6-15(17)10-16-7-5-9-18(16)20;2*1-22-14-10-26-19(29-11-14)17(9-23-26)30(21,28)25-20(27)24-18-15-6-2-4-12(15)8-13-5-3-7-16(13)18/h3*10-11,14H,2-9,12-13H2,1H3,(H2,24,25,27,28);2*8-9,14,22H,2-7,10-11H2,1H3,(H3,21,24,25,27,28)/t5*14-,30?/m00000/s1. The molecule has 39 nitrogen and oxygen atoms in total. The van der Waals surface area contributed by atoms with Crippen molar-refractivity contribution >= 4 is 125 Å². The number of hydrogen-bond donors (Lipinski definition) is 14. The van der Waals surface area contributed by atoms with E-state index in [0.29, 0.717) is 96.2 Å². The number of urea groups is 5. The van der Waals surface area contributed by atoms with E-state index >= 15 is 0 Å². The lowest BCUT2D eigenvalue weighted by Crippen LogP contribution is -2.40. The topological polar surface area (TPSA) is 498 Å². The molecule has 5 aromatic heterocycles. The minimum absolute atomic E-state index is 0.0885. The molecule has 10 aromatic rings. The van der Waals surface area contributed by atoms with Crippen molar-refractivity contribution in [2.75, 3.05) is 73.7 Å². The monoisotopic (exact) mass is 2140 g/mol. The van der Waals surface area contributed by atoms with Gasteiger partial charge in [-0.2, -0.15) is 25.5 Å². The molecule has 25 rings (SSSR count). The van der Waals surface area contributed by atoms with Crippen LogP contribution in [0, 0.1) is 27.3 Å². The zero-order valence-electron chi connectivity index (χ0n) is 85.8. The molecule has 10 amide bonds. The van der Waals surface area contributed by atoms with Gasteiger partial charge in [0.15, 0.2) is 19.8 Å². The Labute approximate surface area is 876 Å². The number of carbonyl (C=O) groups excluding carboxylic acids is 5. The molecule has 0 bridgehead atoms. The van der Waals surface area contributed by atoms with Crippen molar-refractivity contribution in [3.8, 4) is 29.4 Å². The molecule has 0 fully saturated rings. The van der Waals surface area contributed by atoms with Crippen molar-refractivity contribution in [3.63, 3.8) is 0 Å². The molecular formula is C106H136N24O15S5. The summed E-state index contributed by atoms with van der Waals surface area (Å²) in [6.45, 7) is 12.0. The van der Waals surface area contributed by atoms with Crippen molar-refractivity contribution in [2.24, 2.45) is 17.8 Å². The Morgan fingerprint density at radius 2 is 0.480 bits per heavy atom. The Bertz CT molecular complexity index is 6480. The lowest BCUT2D eigenvalue weighted by atomic mass is 9.99. The first-order valence-corrected chi connectivity index (χ1v) is 61.3. The zero-order chi connectivity index (χ0) is 104. The average molecular weight is 2150 g/mol. The number of anilines is 5. The first-order chi connectivity index (χ1) is 72.3. The van der Waals surface area contributed by atoms with E-state index in [1.807, 2.05) is 14.1 Å². The summed E-state index contributed by atoms with van der Waals surface area (Å²) in [7, 11) is -12.9. The van der Waals surface area contributed by atoms with Gasteiger partial charge in [-0.3, -0.25) is 14.2 Å². The van der Waals surface area contributed by atoms with Gasteiger partial charge in [0.2, 0.25) is 29.4 Å². The number of ether oxygens (including phenoxy) is 5. The van der Waals surface area contributed by atoms with Gasteiger partial charge in [-0.1, -0.05) is 51.1 Å². The Hall–Kier alpha value is -12.6. The number of carbonyl (C=O) groups is 5. The number of amides is 10. The number of hydrogen-bond acceptors (Lipinski definition) is 24. The first kappa shape index (κ1) is 103. The van der Waals surface area contributed by atoms with Crippen LogP contribution < -0.4 is 84.5 Å². The maximum absolute atomic E-state index is 13.3. The van der Waals surface area contributed by atoms with Gasteiger partial charge >= 0.3 is 30.2 Å². The molecule has 5 aromatic carbocycles. The second-order valence-corrected chi connectivity index (χ2v) is 51.4. The molecule has 10 aliphatic carbocycles. The van der Waals surface area contributed by atoms with Crippen molar-refractivity contribution in [1.82, 2.24) is 83.1 Å². The highest BCUT2D eigenvalue weighted by molar-refractivity contribution is 7.99. The summed E-state index contributed by atoms with van der Waals surface area (Å²) in [5, 5.41) is 42.4. The van der Waals surface area contributed by atoms with Crippen molar-refractivity contribution in [2.45, 2.75) is 302 Å². The van der Waals surface area contributed by atoms with Crippen LogP contribution in [0.1, 0.15) is 216 Å². The third-order valence-corrected chi connectivity index (χ3v) is 39.4. The van der Waals surface area contributed by atoms with Gasteiger partial charge in [0.25, 0.3) is 0 Å². The Balaban J connectivity index is 0.000000109. The summed E-state index contributed by atoms with van der Waals surface area (Å²) in [5.41, 5.74) is 29.9. The second-order valence-electron chi connectivity index (χ2n) is 41.9. The largest absolute Gasteiger partial charge is 0.477 e. The maximum Gasteiger partial charge on any atom is 0.331 e. The van der Waals surface area contributed by atoms with Crippen LogP contribution in [0.4, 0.5) is 52.4 Å². The summed E-state index contributed by atoms with van der Waals surface area (Å²) in [4.78, 5) is 65.4. The van der Waals surface area contributed by atoms with E-state index in [9.17, 15) is 45.0 Å². The van der Waals surface area contributed by atoms with Crippen LogP contribution in [-0.4, -0.2) is 177 Å². The number of likely N-dealkylation sites (N-methyl/N-ethyl adjacent to an activating group) is 2. The second kappa shape index (κ2) is 42.5. The Morgan fingerprint density at radius 1 is 0.293 bits per heavy atom. The lowest BCUT2D eigenvalue weighted by molar-refractivity contribution is 0.157. The predicted octanol–water partition coefficient (Wildman–Crippen LogP) is 13.2. The van der Waals surface area contributed by atoms with Gasteiger partial charge in [0.1, 0.15) is 37.7 Å². The van der Waals surface area contributed by atoms with Crippen LogP contribution in [0.2, 0.25) is 0 Å². The summed E-state index contributed by atoms with van der Waals surface area (Å²) in [6, 6.07) is 8.96. The van der Waals surface area contributed by atoms with E-state index < -0.39 is 79.1 Å². The van der Waals surface area contributed by atoms with Gasteiger partial charge < -0.3 is 60.9 Å². The summed E-state index contributed by atoms with van der Waals surface area (Å²) in [6.07, 6.45) is 41.2. The first-order valence-electron chi connectivity index (χ1n) is 53.0.